The molecule has 4 rings (SSSR count). The van der Waals surface area contributed by atoms with Crippen LogP contribution in [0.4, 0.5) is 0 Å². The van der Waals surface area contributed by atoms with Gasteiger partial charge in [-0.15, -0.1) is 21.5 Å². The second-order valence-corrected chi connectivity index (χ2v) is 8.45. The third-order valence-electron chi connectivity index (χ3n) is 4.64. The van der Waals surface area contributed by atoms with Crippen LogP contribution in [0.1, 0.15) is 39.7 Å². The normalized spacial score (nSPS) is 14.1. The highest BCUT2D eigenvalue weighted by molar-refractivity contribution is 7.98. The Hall–Kier alpha value is -2.19. The smallest absolute Gasteiger partial charge is 0.273 e. The molecule has 0 radical (unpaired) electrons. The third kappa shape index (κ3) is 3.77. The lowest BCUT2D eigenvalue weighted by molar-refractivity contribution is 0.0787. The van der Waals surface area contributed by atoms with Gasteiger partial charge in [0, 0.05) is 18.5 Å². The van der Waals surface area contributed by atoms with Crippen molar-refractivity contribution in [2.24, 2.45) is 0 Å². The Labute approximate surface area is 166 Å². The number of hydrogen-bond acceptors (Lipinski definition) is 6. The summed E-state index contributed by atoms with van der Waals surface area (Å²) in [6, 6.07) is 8.21. The predicted octanol–water partition coefficient (Wildman–Crippen LogP) is 3.87. The molecule has 0 atom stereocenters. The predicted molar refractivity (Wildman–Crippen MR) is 108 cm³/mol. The zero-order valence-electron chi connectivity index (χ0n) is 15.4. The average molecular weight is 400 g/mol. The van der Waals surface area contributed by atoms with E-state index in [1.165, 1.54) is 16.9 Å². The number of rotatable bonds is 5. The molecule has 1 aliphatic rings. The number of thioether (sulfide) groups is 1. The first-order chi connectivity index (χ1) is 13.1. The van der Waals surface area contributed by atoms with Crippen molar-refractivity contribution in [1.82, 2.24) is 24.6 Å². The zero-order valence-corrected chi connectivity index (χ0v) is 17.0. The van der Waals surface area contributed by atoms with E-state index in [1.807, 2.05) is 29.3 Å². The van der Waals surface area contributed by atoms with Gasteiger partial charge < -0.3 is 4.90 Å². The molecule has 1 saturated heterocycles. The molecule has 0 unspecified atom stereocenters. The maximum atomic E-state index is 12.5. The van der Waals surface area contributed by atoms with Gasteiger partial charge in [-0.2, -0.15) is 0 Å². The molecule has 0 aliphatic carbocycles. The van der Waals surface area contributed by atoms with Crippen molar-refractivity contribution in [3.8, 4) is 5.69 Å². The summed E-state index contributed by atoms with van der Waals surface area (Å²) >= 11 is 3.12. The number of hydrogen-bond donors (Lipinski definition) is 0. The molecular formula is C19H21N5OS2. The SMILES string of the molecule is Cc1ccccc1-n1c(C)nnc1SCc1nc(C(=O)N2CCCC2)cs1. The summed E-state index contributed by atoms with van der Waals surface area (Å²) in [5.74, 6) is 1.58. The second kappa shape index (κ2) is 7.82. The monoisotopic (exact) mass is 399 g/mol. The van der Waals surface area contributed by atoms with E-state index in [9.17, 15) is 4.79 Å². The van der Waals surface area contributed by atoms with E-state index in [1.54, 1.807) is 11.8 Å². The van der Waals surface area contributed by atoms with Crippen LogP contribution >= 0.6 is 23.1 Å². The molecule has 6 nitrogen and oxygen atoms in total. The molecule has 3 heterocycles. The first-order valence-electron chi connectivity index (χ1n) is 8.98. The second-order valence-electron chi connectivity index (χ2n) is 6.57. The molecular weight excluding hydrogens is 378 g/mol. The number of aryl methyl sites for hydroxylation is 2. The quantitative estimate of drug-likeness (QED) is 0.610. The first-order valence-corrected chi connectivity index (χ1v) is 10.8. The van der Waals surface area contributed by atoms with Crippen LogP contribution in [0.25, 0.3) is 5.69 Å². The molecule has 1 aromatic carbocycles. The fraction of sp³-hybridized carbons (Fsp3) is 0.368. The standard InChI is InChI=1S/C19H21N5OS2/c1-13-7-3-4-8-16(13)24-14(2)21-22-19(24)27-12-17-20-15(11-26-17)18(25)23-9-5-6-10-23/h3-4,7-8,11H,5-6,9-10,12H2,1-2H3. The average Bonchev–Trinajstić information content (AvgIpc) is 3.41. The van der Waals surface area contributed by atoms with Crippen LogP contribution in [0.2, 0.25) is 0 Å². The lowest BCUT2D eigenvalue weighted by Gasteiger charge is -2.12. The minimum absolute atomic E-state index is 0.0546. The van der Waals surface area contributed by atoms with Crippen molar-refractivity contribution in [3.05, 3.63) is 51.7 Å². The first kappa shape index (κ1) is 18.2. The summed E-state index contributed by atoms with van der Waals surface area (Å²) in [4.78, 5) is 18.9. The van der Waals surface area contributed by atoms with Gasteiger partial charge in [0.2, 0.25) is 0 Å². The fourth-order valence-corrected chi connectivity index (χ4v) is 4.99. The van der Waals surface area contributed by atoms with Crippen molar-refractivity contribution < 1.29 is 4.79 Å². The number of likely N-dealkylation sites (tertiary alicyclic amines) is 1. The lowest BCUT2D eigenvalue weighted by atomic mass is 10.2. The Bertz CT molecular complexity index is 959. The number of benzene rings is 1. The van der Waals surface area contributed by atoms with Crippen LogP contribution in [0.15, 0.2) is 34.8 Å². The molecule has 2 aromatic heterocycles. The maximum absolute atomic E-state index is 12.5. The van der Waals surface area contributed by atoms with Gasteiger partial charge >= 0.3 is 0 Å². The third-order valence-corrected chi connectivity index (χ3v) is 6.61. The van der Waals surface area contributed by atoms with Gasteiger partial charge in [-0.3, -0.25) is 9.36 Å². The summed E-state index contributed by atoms with van der Waals surface area (Å²) in [7, 11) is 0. The van der Waals surface area contributed by atoms with Crippen molar-refractivity contribution >= 4 is 29.0 Å². The highest BCUT2D eigenvalue weighted by atomic mass is 32.2. The molecule has 140 valence electrons. The Morgan fingerprint density at radius 3 is 2.74 bits per heavy atom. The van der Waals surface area contributed by atoms with Crippen molar-refractivity contribution in [3.63, 3.8) is 0 Å². The maximum Gasteiger partial charge on any atom is 0.273 e. The van der Waals surface area contributed by atoms with Gasteiger partial charge in [-0.1, -0.05) is 30.0 Å². The summed E-state index contributed by atoms with van der Waals surface area (Å²) in [5.41, 5.74) is 2.83. The summed E-state index contributed by atoms with van der Waals surface area (Å²) < 4.78 is 2.07. The van der Waals surface area contributed by atoms with Crippen LogP contribution < -0.4 is 0 Å². The molecule has 3 aromatic rings. The lowest BCUT2D eigenvalue weighted by Crippen LogP contribution is -2.27. The zero-order chi connectivity index (χ0) is 18.8. The number of nitrogens with zero attached hydrogens (tertiary/aromatic N) is 5. The molecule has 0 saturated carbocycles. The molecule has 1 amide bonds. The van der Waals surface area contributed by atoms with Gasteiger partial charge in [-0.25, -0.2) is 4.98 Å². The number of aromatic nitrogens is 4. The Balaban J connectivity index is 1.49. The molecule has 0 N–H and O–H groups in total. The van der Waals surface area contributed by atoms with Crippen LogP contribution in [0, 0.1) is 13.8 Å². The molecule has 0 bridgehead atoms. The Kier molecular flexibility index (Phi) is 5.27. The van der Waals surface area contributed by atoms with Crippen molar-refractivity contribution in [2.75, 3.05) is 13.1 Å². The summed E-state index contributed by atoms with van der Waals surface area (Å²) in [6.45, 7) is 5.73. The van der Waals surface area contributed by atoms with Gasteiger partial charge in [0.1, 0.15) is 16.5 Å². The minimum Gasteiger partial charge on any atom is -0.337 e. The largest absolute Gasteiger partial charge is 0.337 e. The Morgan fingerprint density at radius 1 is 1.19 bits per heavy atom. The van der Waals surface area contributed by atoms with E-state index >= 15 is 0 Å². The van der Waals surface area contributed by atoms with E-state index < -0.39 is 0 Å². The molecule has 1 aliphatic heterocycles. The minimum atomic E-state index is 0.0546. The highest BCUT2D eigenvalue weighted by Crippen LogP contribution is 2.28. The molecule has 27 heavy (non-hydrogen) atoms. The van der Waals surface area contributed by atoms with Crippen LogP contribution in [0.3, 0.4) is 0 Å². The highest BCUT2D eigenvalue weighted by Gasteiger charge is 2.22. The molecule has 0 spiro atoms. The van der Waals surface area contributed by atoms with E-state index in [0.29, 0.717) is 11.4 Å². The van der Waals surface area contributed by atoms with E-state index in [0.717, 1.165) is 47.6 Å². The topological polar surface area (TPSA) is 63.9 Å². The van der Waals surface area contributed by atoms with Crippen LogP contribution in [-0.2, 0) is 5.75 Å². The van der Waals surface area contributed by atoms with Crippen molar-refractivity contribution in [2.45, 2.75) is 37.6 Å². The number of carbonyl (C=O) groups is 1. The van der Waals surface area contributed by atoms with Gasteiger partial charge in [0.15, 0.2) is 5.16 Å². The number of para-hydroxylation sites is 1. The van der Waals surface area contributed by atoms with E-state index in [4.69, 9.17) is 0 Å². The summed E-state index contributed by atoms with van der Waals surface area (Å²) in [5, 5.41) is 12.2. The van der Waals surface area contributed by atoms with Crippen LogP contribution in [-0.4, -0.2) is 43.6 Å². The number of thiazole rings is 1. The Morgan fingerprint density at radius 2 is 1.96 bits per heavy atom. The van der Waals surface area contributed by atoms with Gasteiger partial charge in [0.05, 0.1) is 11.4 Å². The van der Waals surface area contributed by atoms with Gasteiger partial charge in [-0.05, 0) is 38.3 Å². The van der Waals surface area contributed by atoms with E-state index in [-0.39, 0.29) is 5.91 Å². The van der Waals surface area contributed by atoms with Crippen LogP contribution in [0.5, 0.6) is 0 Å². The number of amides is 1. The number of carbonyl (C=O) groups excluding carboxylic acids is 1. The van der Waals surface area contributed by atoms with Gasteiger partial charge in [0.25, 0.3) is 5.91 Å². The van der Waals surface area contributed by atoms with Crippen molar-refractivity contribution in [1.29, 1.82) is 0 Å². The van der Waals surface area contributed by atoms with E-state index in [2.05, 4.69) is 38.8 Å². The fourth-order valence-electron chi connectivity index (χ4n) is 3.21. The molecule has 1 fully saturated rings. The summed E-state index contributed by atoms with van der Waals surface area (Å²) in [6.07, 6.45) is 2.18. The molecule has 8 heteroatoms.